The van der Waals surface area contributed by atoms with Gasteiger partial charge in [0.1, 0.15) is 10.8 Å². The SMILES string of the molecule is CCOC(=O)c1c(NC(=O)C(=O)NN=Cc2ccc(OC(=O)c3ccc(OC)cc3)c(OCC)c2)sc2c1CCC(C)C2. The summed E-state index contributed by atoms with van der Waals surface area (Å²) >= 11 is 1.29. The summed E-state index contributed by atoms with van der Waals surface area (Å²) in [5, 5.41) is 6.73. The molecule has 12 heteroatoms. The second-order valence-corrected chi connectivity index (χ2v) is 10.8. The first kappa shape index (κ1) is 31.2. The van der Waals surface area contributed by atoms with Crippen molar-refractivity contribution in [2.45, 2.75) is 40.0 Å². The standard InChI is InChI=1S/C31H33N3O8S/c1-5-40-24-16-19(8-14-23(24)42-30(37)20-9-11-21(39-4)12-10-20)17-32-34-28(36)27(35)33-29-26(31(38)41-6-2)22-13-7-18(3)15-25(22)43-29/h8-12,14,16-18H,5-7,13,15H2,1-4H3,(H,33,35)(H,34,36). The van der Waals surface area contributed by atoms with Crippen LogP contribution in [0.4, 0.5) is 5.00 Å². The Morgan fingerprint density at radius 1 is 1.00 bits per heavy atom. The fraction of sp³-hybridized carbons (Fsp3) is 0.323. The molecule has 0 spiro atoms. The lowest BCUT2D eigenvalue weighted by atomic mass is 9.88. The summed E-state index contributed by atoms with van der Waals surface area (Å²) in [6.45, 7) is 6.13. The summed E-state index contributed by atoms with van der Waals surface area (Å²) in [4.78, 5) is 51.5. The average molecular weight is 608 g/mol. The van der Waals surface area contributed by atoms with Crippen molar-refractivity contribution in [3.63, 3.8) is 0 Å². The summed E-state index contributed by atoms with van der Waals surface area (Å²) < 4.78 is 21.5. The number of rotatable bonds is 10. The van der Waals surface area contributed by atoms with Gasteiger partial charge in [0.2, 0.25) is 0 Å². The number of hydrogen-bond acceptors (Lipinski definition) is 10. The molecule has 2 amide bonds. The van der Waals surface area contributed by atoms with Gasteiger partial charge in [0, 0.05) is 4.88 Å². The van der Waals surface area contributed by atoms with Gasteiger partial charge in [0.25, 0.3) is 0 Å². The van der Waals surface area contributed by atoms with Gasteiger partial charge in [-0.15, -0.1) is 11.3 Å². The second-order valence-electron chi connectivity index (χ2n) is 9.69. The van der Waals surface area contributed by atoms with Crippen molar-refractivity contribution >= 4 is 46.3 Å². The molecule has 2 aromatic carbocycles. The van der Waals surface area contributed by atoms with Crippen LogP contribution >= 0.6 is 11.3 Å². The lowest BCUT2D eigenvalue weighted by Gasteiger charge is -2.18. The van der Waals surface area contributed by atoms with Gasteiger partial charge in [0.15, 0.2) is 11.5 Å². The molecule has 0 aliphatic heterocycles. The number of carbonyl (C=O) groups excluding carboxylic acids is 4. The monoisotopic (exact) mass is 607 g/mol. The average Bonchev–Trinajstić information content (AvgIpc) is 3.35. The highest BCUT2D eigenvalue weighted by molar-refractivity contribution is 7.17. The quantitative estimate of drug-likeness (QED) is 0.110. The third-order valence-corrected chi connectivity index (χ3v) is 7.77. The molecule has 4 rings (SSSR count). The first-order valence-corrected chi connectivity index (χ1v) is 14.6. The van der Waals surface area contributed by atoms with Crippen molar-refractivity contribution in [2.24, 2.45) is 11.0 Å². The van der Waals surface area contributed by atoms with Crippen LogP contribution in [-0.4, -0.2) is 50.3 Å². The van der Waals surface area contributed by atoms with E-state index in [1.807, 2.05) is 0 Å². The number of amides is 2. The number of methoxy groups -OCH3 is 1. The molecule has 2 N–H and O–H groups in total. The molecule has 1 unspecified atom stereocenters. The molecule has 0 saturated carbocycles. The number of carbonyl (C=O) groups is 4. The molecular formula is C31H33N3O8S. The van der Waals surface area contributed by atoms with E-state index in [1.54, 1.807) is 56.3 Å². The number of fused-ring (bicyclic) bond motifs is 1. The molecule has 226 valence electrons. The number of nitrogens with one attached hydrogen (secondary N) is 2. The van der Waals surface area contributed by atoms with Crippen LogP contribution in [0.3, 0.4) is 0 Å². The summed E-state index contributed by atoms with van der Waals surface area (Å²) in [5.41, 5.74) is 4.23. The van der Waals surface area contributed by atoms with E-state index in [4.69, 9.17) is 18.9 Å². The Kier molecular flexibility index (Phi) is 10.5. The lowest BCUT2D eigenvalue weighted by molar-refractivity contribution is -0.136. The number of ether oxygens (including phenoxy) is 4. The molecule has 0 radical (unpaired) electrons. The number of hydrazone groups is 1. The van der Waals surface area contributed by atoms with Crippen LogP contribution in [0.1, 0.15) is 63.9 Å². The van der Waals surface area contributed by atoms with E-state index < -0.39 is 23.8 Å². The molecule has 1 heterocycles. The van der Waals surface area contributed by atoms with Crippen molar-refractivity contribution < 1.29 is 38.1 Å². The Morgan fingerprint density at radius 3 is 2.47 bits per heavy atom. The minimum Gasteiger partial charge on any atom is -0.497 e. The van der Waals surface area contributed by atoms with E-state index in [1.165, 1.54) is 24.7 Å². The largest absolute Gasteiger partial charge is 0.497 e. The first-order valence-electron chi connectivity index (χ1n) is 13.8. The summed E-state index contributed by atoms with van der Waals surface area (Å²) in [6.07, 6.45) is 3.74. The maximum Gasteiger partial charge on any atom is 0.343 e. The molecule has 1 aliphatic rings. The number of benzene rings is 2. The van der Waals surface area contributed by atoms with Gasteiger partial charge in [-0.1, -0.05) is 6.92 Å². The highest BCUT2D eigenvalue weighted by Gasteiger charge is 2.30. The van der Waals surface area contributed by atoms with Gasteiger partial charge in [-0.3, -0.25) is 9.59 Å². The molecule has 11 nitrogen and oxygen atoms in total. The number of nitrogens with zero attached hydrogens (tertiary/aromatic N) is 1. The van der Waals surface area contributed by atoms with Crippen LogP contribution in [-0.2, 0) is 27.2 Å². The minimum absolute atomic E-state index is 0.194. The Labute approximate surface area is 253 Å². The lowest BCUT2D eigenvalue weighted by Crippen LogP contribution is -2.32. The number of anilines is 1. The smallest absolute Gasteiger partial charge is 0.343 e. The Morgan fingerprint density at radius 2 is 1.77 bits per heavy atom. The zero-order chi connectivity index (χ0) is 30.9. The fourth-order valence-electron chi connectivity index (χ4n) is 4.48. The number of thiophene rings is 1. The van der Waals surface area contributed by atoms with Crippen molar-refractivity contribution in [3.05, 3.63) is 69.6 Å². The van der Waals surface area contributed by atoms with Crippen LogP contribution in [0.25, 0.3) is 0 Å². The van der Waals surface area contributed by atoms with Crippen molar-refractivity contribution in [1.82, 2.24) is 5.43 Å². The highest BCUT2D eigenvalue weighted by Crippen LogP contribution is 2.40. The number of hydrogen-bond donors (Lipinski definition) is 2. The van der Waals surface area contributed by atoms with Crippen molar-refractivity contribution in [2.75, 3.05) is 25.6 Å². The summed E-state index contributed by atoms with van der Waals surface area (Å²) in [7, 11) is 1.53. The number of esters is 2. The maximum absolute atomic E-state index is 12.7. The molecular weight excluding hydrogens is 574 g/mol. The Balaban J connectivity index is 1.41. The third kappa shape index (κ3) is 7.77. The van der Waals surface area contributed by atoms with Gasteiger partial charge in [0.05, 0.1) is 37.7 Å². The normalized spacial score (nSPS) is 14.0. The van der Waals surface area contributed by atoms with E-state index in [0.29, 0.717) is 52.1 Å². The predicted molar refractivity (Wildman–Crippen MR) is 161 cm³/mol. The molecule has 1 atom stereocenters. The molecule has 3 aromatic rings. The van der Waals surface area contributed by atoms with Gasteiger partial charge in [-0.25, -0.2) is 15.0 Å². The second kappa shape index (κ2) is 14.5. The molecule has 0 bridgehead atoms. The zero-order valence-electron chi connectivity index (χ0n) is 24.4. The van der Waals surface area contributed by atoms with E-state index in [-0.39, 0.29) is 12.4 Å². The van der Waals surface area contributed by atoms with Crippen LogP contribution in [0.15, 0.2) is 47.6 Å². The van der Waals surface area contributed by atoms with E-state index in [2.05, 4.69) is 22.8 Å². The van der Waals surface area contributed by atoms with Gasteiger partial charge in [-0.05, 0) is 92.6 Å². The van der Waals surface area contributed by atoms with E-state index in [0.717, 1.165) is 23.3 Å². The van der Waals surface area contributed by atoms with Crippen LogP contribution in [0.5, 0.6) is 17.2 Å². The molecule has 0 fully saturated rings. The third-order valence-electron chi connectivity index (χ3n) is 6.60. The van der Waals surface area contributed by atoms with Crippen LogP contribution < -0.4 is 25.0 Å². The zero-order valence-corrected chi connectivity index (χ0v) is 25.2. The van der Waals surface area contributed by atoms with Crippen molar-refractivity contribution in [3.8, 4) is 17.2 Å². The molecule has 0 saturated heterocycles. The minimum atomic E-state index is -1.01. The van der Waals surface area contributed by atoms with E-state index >= 15 is 0 Å². The van der Waals surface area contributed by atoms with Crippen LogP contribution in [0.2, 0.25) is 0 Å². The molecule has 1 aliphatic carbocycles. The summed E-state index contributed by atoms with van der Waals surface area (Å²) in [5.74, 6) is -1.51. The topological polar surface area (TPSA) is 142 Å². The van der Waals surface area contributed by atoms with Crippen molar-refractivity contribution in [1.29, 1.82) is 0 Å². The van der Waals surface area contributed by atoms with E-state index in [9.17, 15) is 19.2 Å². The van der Waals surface area contributed by atoms with Gasteiger partial charge >= 0.3 is 23.8 Å². The predicted octanol–water partition coefficient (Wildman–Crippen LogP) is 4.76. The maximum atomic E-state index is 12.7. The summed E-state index contributed by atoms with van der Waals surface area (Å²) in [6, 6.07) is 11.2. The Hall–Kier alpha value is -4.71. The molecule has 43 heavy (non-hydrogen) atoms. The Bertz CT molecular complexity index is 1530. The van der Waals surface area contributed by atoms with Crippen LogP contribution in [0, 0.1) is 5.92 Å². The van der Waals surface area contributed by atoms with Gasteiger partial charge in [-0.2, -0.15) is 5.10 Å². The molecule has 1 aromatic heterocycles. The fourth-order valence-corrected chi connectivity index (χ4v) is 5.87. The highest BCUT2D eigenvalue weighted by atomic mass is 32.1. The van der Waals surface area contributed by atoms with Gasteiger partial charge < -0.3 is 24.3 Å². The first-order chi connectivity index (χ1) is 20.7.